The number of urea groups is 1. The van der Waals surface area contributed by atoms with Gasteiger partial charge in [-0.05, 0) is 48.9 Å². The standard InChI is InChI=1S/C23H25N5O4/c1-16-4-3-5-19(14-16)25-23(30)28-12-10-27(11-13-28)22(29)18-6-8-20(9-7-18)31-15-21-24-17(2)32-26-21/h3-9,14H,10-13,15H2,1-2H3,(H,25,30). The third kappa shape index (κ3) is 5.23. The van der Waals surface area contributed by atoms with Crippen molar-refractivity contribution < 1.29 is 18.8 Å². The van der Waals surface area contributed by atoms with Gasteiger partial charge in [-0.1, -0.05) is 17.3 Å². The van der Waals surface area contributed by atoms with Gasteiger partial charge in [0.05, 0.1) is 0 Å². The summed E-state index contributed by atoms with van der Waals surface area (Å²) in [4.78, 5) is 32.9. The second-order valence-corrected chi connectivity index (χ2v) is 7.62. The van der Waals surface area contributed by atoms with Gasteiger partial charge in [-0.2, -0.15) is 4.98 Å². The van der Waals surface area contributed by atoms with Crippen LogP contribution in [-0.2, 0) is 6.61 Å². The Labute approximate surface area is 186 Å². The first-order valence-corrected chi connectivity index (χ1v) is 10.4. The summed E-state index contributed by atoms with van der Waals surface area (Å²) in [5.41, 5.74) is 2.43. The summed E-state index contributed by atoms with van der Waals surface area (Å²) >= 11 is 0. The van der Waals surface area contributed by atoms with Gasteiger partial charge in [0.2, 0.25) is 11.7 Å². The number of aryl methyl sites for hydroxylation is 2. The van der Waals surface area contributed by atoms with Crippen LogP contribution in [0.15, 0.2) is 53.1 Å². The van der Waals surface area contributed by atoms with Crippen LogP contribution in [-0.4, -0.2) is 58.1 Å². The van der Waals surface area contributed by atoms with Gasteiger partial charge in [-0.25, -0.2) is 4.79 Å². The number of anilines is 1. The molecule has 32 heavy (non-hydrogen) atoms. The molecular weight excluding hydrogens is 410 g/mol. The third-order valence-corrected chi connectivity index (χ3v) is 5.16. The topological polar surface area (TPSA) is 101 Å². The summed E-state index contributed by atoms with van der Waals surface area (Å²) in [5.74, 6) is 1.50. The van der Waals surface area contributed by atoms with Gasteiger partial charge in [0.15, 0.2) is 6.61 Å². The fraction of sp³-hybridized carbons (Fsp3) is 0.304. The number of carbonyl (C=O) groups excluding carboxylic acids is 2. The molecule has 0 saturated carbocycles. The number of hydrogen-bond acceptors (Lipinski definition) is 6. The van der Waals surface area contributed by atoms with E-state index < -0.39 is 0 Å². The molecule has 4 rings (SSSR count). The fourth-order valence-corrected chi connectivity index (χ4v) is 3.46. The SMILES string of the molecule is Cc1cccc(NC(=O)N2CCN(C(=O)c3ccc(OCc4noc(C)n4)cc3)CC2)c1. The van der Waals surface area contributed by atoms with E-state index in [-0.39, 0.29) is 18.5 Å². The van der Waals surface area contributed by atoms with Gasteiger partial charge in [-0.3, -0.25) is 4.79 Å². The maximum Gasteiger partial charge on any atom is 0.321 e. The summed E-state index contributed by atoms with van der Waals surface area (Å²) in [6.45, 7) is 5.81. The lowest BCUT2D eigenvalue weighted by Gasteiger charge is -2.34. The number of amides is 3. The quantitative estimate of drug-likeness (QED) is 0.660. The van der Waals surface area contributed by atoms with Crippen LogP contribution in [0.5, 0.6) is 5.75 Å². The molecule has 0 bridgehead atoms. The van der Waals surface area contributed by atoms with Crippen molar-refractivity contribution in [3.05, 3.63) is 71.4 Å². The molecule has 1 aromatic heterocycles. The molecule has 3 aromatic rings. The monoisotopic (exact) mass is 435 g/mol. The van der Waals surface area contributed by atoms with E-state index in [2.05, 4.69) is 15.5 Å². The molecule has 2 aromatic carbocycles. The van der Waals surface area contributed by atoms with Crippen molar-refractivity contribution in [2.75, 3.05) is 31.5 Å². The number of ether oxygens (including phenoxy) is 1. The van der Waals surface area contributed by atoms with Gasteiger partial charge in [0.25, 0.3) is 5.91 Å². The molecule has 1 N–H and O–H groups in total. The van der Waals surface area contributed by atoms with Crippen LogP contribution in [0.3, 0.4) is 0 Å². The van der Waals surface area contributed by atoms with Crippen molar-refractivity contribution in [1.29, 1.82) is 0 Å². The zero-order valence-corrected chi connectivity index (χ0v) is 18.1. The molecule has 9 nitrogen and oxygen atoms in total. The Hall–Kier alpha value is -3.88. The first-order valence-electron chi connectivity index (χ1n) is 10.4. The Bertz CT molecular complexity index is 1090. The van der Waals surface area contributed by atoms with E-state index in [1.54, 1.807) is 41.0 Å². The van der Waals surface area contributed by atoms with Crippen LogP contribution in [0, 0.1) is 13.8 Å². The van der Waals surface area contributed by atoms with Crippen molar-refractivity contribution in [1.82, 2.24) is 19.9 Å². The van der Waals surface area contributed by atoms with E-state index in [0.29, 0.717) is 49.2 Å². The zero-order valence-electron chi connectivity index (χ0n) is 18.1. The minimum Gasteiger partial charge on any atom is -0.485 e. The van der Waals surface area contributed by atoms with Gasteiger partial charge in [0, 0.05) is 44.4 Å². The van der Waals surface area contributed by atoms with Crippen LogP contribution in [0.25, 0.3) is 0 Å². The normalized spacial score (nSPS) is 13.7. The number of aromatic nitrogens is 2. The predicted octanol–water partition coefficient (Wildman–Crippen LogP) is 3.26. The molecule has 1 fully saturated rings. The van der Waals surface area contributed by atoms with Crippen molar-refractivity contribution in [3.8, 4) is 5.75 Å². The molecular formula is C23H25N5O4. The van der Waals surface area contributed by atoms with Gasteiger partial charge >= 0.3 is 6.03 Å². The van der Waals surface area contributed by atoms with E-state index in [1.165, 1.54) is 0 Å². The summed E-state index contributed by atoms with van der Waals surface area (Å²) in [5, 5.41) is 6.69. The Balaban J connectivity index is 1.26. The first-order chi connectivity index (χ1) is 15.5. The molecule has 0 radical (unpaired) electrons. The Morgan fingerprint density at radius 3 is 2.41 bits per heavy atom. The third-order valence-electron chi connectivity index (χ3n) is 5.16. The average Bonchev–Trinajstić information content (AvgIpc) is 3.23. The minimum atomic E-state index is -0.152. The lowest BCUT2D eigenvalue weighted by atomic mass is 10.1. The molecule has 0 spiro atoms. The lowest BCUT2D eigenvalue weighted by molar-refractivity contribution is 0.0671. The summed E-state index contributed by atoms with van der Waals surface area (Å²) in [6, 6.07) is 14.5. The van der Waals surface area contributed by atoms with Crippen LogP contribution in [0.4, 0.5) is 10.5 Å². The molecule has 0 atom stereocenters. The molecule has 3 amide bonds. The molecule has 1 aliphatic heterocycles. The Kier molecular flexibility index (Phi) is 6.34. The van der Waals surface area contributed by atoms with Crippen LogP contribution >= 0.6 is 0 Å². The molecule has 0 unspecified atom stereocenters. The highest BCUT2D eigenvalue weighted by atomic mass is 16.5. The maximum absolute atomic E-state index is 12.8. The zero-order chi connectivity index (χ0) is 22.5. The minimum absolute atomic E-state index is 0.0657. The number of benzene rings is 2. The largest absolute Gasteiger partial charge is 0.485 e. The van der Waals surface area contributed by atoms with E-state index in [9.17, 15) is 9.59 Å². The highest BCUT2D eigenvalue weighted by Crippen LogP contribution is 2.17. The number of nitrogens with one attached hydrogen (secondary N) is 1. The van der Waals surface area contributed by atoms with Gasteiger partial charge in [0.1, 0.15) is 5.75 Å². The Morgan fingerprint density at radius 2 is 1.75 bits per heavy atom. The molecule has 0 aliphatic carbocycles. The summed E-state index contributed by atoms with van der Waals surface area (Å²) in [7, 11) is 0. The van der Waals surface area contributed by atoms with Crippen molar-refractivity contribution in [2.45, 2.75) is 20.5 Å². The van der Waals surface area contributed by atoms with Gasteiger partial charge in [-0.15, -0.1) is 0 Å². The highest BCUT2D eigenvalue weighted by molar-refractivity contribution is 5.95. The lowest BCUT2D eigenvalue weighted by Crippen LogP contribution is -2.51. The van der Waals surface area contributed by atoms with Crippen LogP contribution in [0.1, 0.15) is 27.6 Å². The predicted molar refractivity (Wildman–Crippen MR) is 117 cm³/mol. The van der Waals surface area contributed by atoms with Crippen molar-refractivity contribution in [3.63, 3.8) is 0 Å². The highest BCUT2D eigenvalue weighted by Gasteiger charge is 2.25. The summed E-state index contributed by atoms with van der Waals surface area (Å²) in [6.07, 6.45) is 0. The fourth-order valence-electron chi connectivity index (χ4n) is 3.46. The molecule has 2 heterocycles. The Morgan fingerprint density at radius 1 is 1.03 bits per heavy atom. The van der Waals surface area contributed by atoms with E-state index in [1.807, 2.05) is 31.2 Å². The number of piperazine rings is 1. The molecule has 9 heteroatoms. The number of nitrogens with zero attached hydrogens (tertiary/aromatic N) is 4. The van der Waals surface area contributed by atoms with Crippen LogP contribution in [0.2, 0.25) is 0 Å². The number of rotatable bonds is 5. The van der Waals surface area contributed by atoms with Gasteiger partial charge < -0.3 is 24.4 Å². The molecule has 166 valence electrons. The smallest absolute Gasteiger partial charge is 0.321 e. The van der Waals surface area contributed by atoms with Crippen LogP contribution < -0.4 is 10.1 Å². The summed E-state index contributed by atoms with van der Waals surface area (Å²) < 4.78 is 10.5. The van der Waals surface area contributed by atoms with E-state index in [4.69, 9.17) is 9.26 Å². The molecule has 1 saturated heterocycles. The maximum atomic E-state index is 12.8. The van der Waals surface area contributed by atoms with Crippen molar-refractivity contribution >= 4 is 17.6 Å². The van der Waals surface area contributed by atoms with E-state index in [0.717, 1.165) is 11.3 Å². The number of carbonyl (C=O) groups is 2. The van der Waals surface area contributed by atoms with E-state index >= 15 is 0 Å². The first kappa shape index (κ1) is 21.4. The van der Waals surface area contributed by atoms with Crippen molar-refractivity contribution in [2.24, 2.45) is 0 Å². The average molecular weight is 435 g/mol. The second kappa shape index (κ2) is 9.51. The number of hydrogen-bond donors (Lipinski definition) is 1. The molecule has 1 aliphatic rings. The second-order valence-electron chi connectivity index (χ2n) is 7.62.